The summed E-state index contributed by atoms with van der Waals surface area (Å²) in [5, 5.41) is 12.1. The van der Waals surface area contributed by atoms with Crippen LogP contribution in [0.3, 0.4) is 0 Å². The van der Waals surface area contributed by atoms with Crippen LogP contribution in [-0.2, 0) is 16.0 Å². The van der Waals surface area contributed by atoms with Gasteiger partial charge in [0.1, 0.15) is 0 Å². The first kappa shape index (κ1) is 17.7. The van der Waals surface area contributed by atoms with Crippen LogP contribution in [0.1, 0.15) is 31.4 Å². The van der Waals surface area contributed by atoms with Gasteiger partial charge < -0.3 is 15.2 Å². The third-order valence-electron chi connectivity index (χ3n) is 3.66. The first-order valence-electron chi connectivity index (χ1n) is 7.37. The highest BCUT2D eigenvalue weighted by molar-refractivity contribution is 5.79. The molecule has 0 radical (unpaired) electrons. The Morgan fingerprint density at radius 2 is 2.00 bits per heavy atom. The van der Waals surface area contributed by atoms with Gasteiger partial charge in [0.25, 0.3) is 0 Å². The van der Waals surface area contributed by atoms with Crippen molar-refractivity contribution in [3.05, 3.63) is 35.4 Å². The molecule has 0 aromatic heterocycles. The van der Waals surface area contributed by atoms with Crippen molar-refractivity contribution in [2.24, 2.45) is 5.92 Å². The third kappa shape index (κ3) is 5.86. The molecule has 0 aliphatic rings. The van der Waals surface area contributed by atoms with Gasteiger partial charge >= 0.3 is 0 Å². The molecule has 0 aliphatic heterocycles. The van der Waals surface area contributed by atoms with Crippen LogP contribution in [0.4, 0.5) is 0 Å². The van der Waals surface area contributed by atoms with Gasteiger partial charge in [0.05, 0.1) is 12.1 Å². The Balaban J connectivity index is 2.62. The number of nitrogens with one attached hydrogen (secondary N) is 1. The molecule has 2 N–H and O–H groups in total. The fourth-order valence-electron chi connectivity index (χ4n) is 2.33. The number of carbonyl (C=O) groups is 1. The number of carbonyl (C=O) groups excluding carboxylic acids is 1. The molecule has 21 heavy (non-hydrogen) atoms. The molecule has 0 saturated heterocycles. The van der Waals surface area contributed by atoms with E-state index in [1.54, 1.807) is 7.11 Å². The average molecular weight is 293 g/mol. The molecule has 1 aromatic carbocycles. The Kier molecular flexibility index (Phi) is 6.85. The summed E-state index contributed by atoms with van der Waals surface area (Å²) in [4.78, 5) is 12.3. The van der Waals surface area contributed by atoms with Crippen molar-refractivity contribution in [2.45, 2.75) is 39.2 Å². The molecular formula is C17H27NO3. The number of benzene rings is 1. The largest absolute Gasteiger partial charge is 0.396 e. The number of rotatable bonds is 8. The van der Waals surface area contributed by atoms with Gasteiger partial charge in [-0.1, -0.05) is 36.8 Å². The molecule has 1 amide bonds. The summed E-state index contributed by atoms with van der Waals surface area (Å²) in [6.45, 7) is 6.26. The molecule has 0 saturated carbocycles. The normalized spacial score (nSPS) is 15.3. The van der Waals surface area contributed by atoms with Crippen molar-refractivity contribution < 1.29 is 14.6 Å². The van der Waals surface area contributed by atoms with Crippen molar-refractivity contribution in [1.82, 2.24) is 5.32 Å². The highest BCUT2D eigenvalue weighted by Gasteiger charge is 2.27. The fourth-order valence-corrected chi connectivity index (χ4v) is 2.33. The van der Waals surface area contributed by atoms with Crippen molar-refractivity contribution in [2.75, 3.05) is 20.3 Å². The molecule has 0 spiro atoms. The SMILES string of the molecule is COCC(C)(CCO)NC(=O)C(C)Cc1ccc(C)cc1. The van der Waals surface area contributed by atoms with Crippen LogP contribution in [0.2, 0.25) is 0 Å². The molecule has 2 unspecified atom stereocenters. The molecule has 2 atom stereocenters. The smallest absolute Gasteiger partial charge is 0.223 e. The van der Waals surface area contributed by atoms with Gasteiger partial charge in [-0.25, -0.2) is 0 Å². The molecule has 0 fully saturated rings. The van der Waals surface area contributed by atoms with Gasteiger partial charge in [0, 0.05) is 19.6 Å². The summed E-state index contributed by atoms with van der Waals surface area (Å²) < 4.78 is 5.15. The Bertz CT molecular complexity index is 436. The van der Waals surface area contributed by atoms with Crippen LogP contribution in [0.25, 0.3) is 0 Å². The summed E-state index contributed by atoms with van der Waals surface area (Å²) in [6, 6.07) is 8.23. The molecule has 0 aliphatic carbocycles. The molecule has 4 nitrogen and oxygen atoms in total. The second kappa shape index (κ2) is 8.15. The van der Waals surface area contributed by atoms with Crippen LogP contribution in [0.15, 0.2) is 24.3 Å². The standard InChI is InChI=1S/C17H27NO3/c1-13-5-7-15(8-6-13)11-14(2)16(20)18-17(3,9-10-19)12-21-4/h5-8,14,19H,9-12H2,1-4H3,(H,18,20). The topological polar surface area (TPSA) is 58.6 Å². The monoisotopic (exact) mass is 293 g/mol. The minimum Gasteiger partial charge on any atom is -0.396 e. The maximum atomic E-state index is 12.3. The predicted octanol–water partition coefficient (Wildman–Crippen LogP) is 2.08. The molecule has 1 aromatic rings. The van der Waals surface area contributed by atoms with E-state index in [4.69, 9.17) is 9.84 Å². The van der Waals surface area contributed by atoms with E-state index in [0.717, 1.165) is 5.56 Å². The summed E-state index contributed by atoms with van der Waals surface area (Å²) in [5.41, 5.74) is 1.84. The molecule has 0 heterocycles. The van der Waals surface area contributed by atoms with E-state index in [-0.39, 0.29) is 18.4 Å². The predicted molar refractivity (Wildman–Crippen MR) is 84.2 cm³/mol. The van der Waals surface area contributed by atoms with E-state index in [9.17, 15) is 4.79 Å². The Morgan fingerprint density at radius 1 is 1.38 bits per heavy atom. The first-order chi connectivity index (χ1) is 9.90. The highest BCUT2D eigenvalue weighted by atomic mass is 16.5. The zero-order valence-electron chi connectivity index (χ0n) is 13.5. The average Bonchev–Trinajstić information content (AvgIpc) is 2.41. The zero-order chi connectivity index (χ0) is 15.9. The molecular weight excluding hydrogens is 266 g/mol. The van der Waals surface area contributed by atoms with E-state index in [2.05, 4.69) is 29.6 Å². The first-order valence-corrected chi connectivity index (χ1v) is 7.37. The van der Waals surface area contributed by atoms with Crippen LogP contribution in [0, 0.1) is 12.8 Å². The van der Waals surface area contributed by atoms with Crippen LogP contribution in [0.5, 0.6) is 0 Å². The van der Waals surface area contributed by atoms with Gasteiger partial charge in [-0.2, -0.15) is 0 Å². The van der Waals surface area contributed by atoms with E-state index in [1.807, 2.05) is 20.8 Å². The lowest BCUT2D eigenvalue weighted by Gasteiger charge is -2.30. The summed E-state index contributed by atoms with van der Waals surface area (Å²) in [5.74, 6) is -0.133. The third-order valence-corrected chi connectivity index (χ3v) is 3.66. The van der Waals surface area contributed by atoms with Crippen molar-refractivity contribution in [1.29, 1.82) is 0 Å². The number of hydrogen-bond acceptors (Lipinski definition) is 3. The second-order valence-electron chi connectivity index (χ2n) is 6.05. The van der Waals surface area contributed by atoms with Gasteiger partial charge in [-0.3, -0.25) is 4.79 Å². The second-order valence-corrected chi connectivity index (χ2v) is 6.05. The van der Waals surface area contributed by atoms with Crippen LogP contribution < -0.4 is 5.32 Å². The van der Waals surface area contributed by atoms with E-state index in [0.29, 0.717) is 19.4 Å². The van der Waals surface area contributed by atoms with Gasteiger partial charge in [-0.05, 0) is 32.3 Å². The van der Waals surface area contributed by atoms with Gasteiger partial charge in [0.2, 0.25) is 5.91 Å². The quantitative estimate of drug-likeness (QED) is 0.771. The Labute approximate surface area is 127 Å². The Morgan fingerprint density at radius 3 is 2.52 bits per heavy atom. The maximum absolute atomic E-state index is 12.3. The number of ether oxygens (including phenoxy) is 1. The molecule has 1 rings (SSSR count). The Hall–Kier alpha value is -1.39. The minimum absolute atomic E-state index is 0.0106. The number of hydrogen-bond donors (Lipinski definition) is 2. The summed E-state index contributed by atoms with van der Waals surface area (Å²) in [6.07, 6.45) is 1.18. The van der Waals surface area contributed by atoms with Crippen molar-refractivity contribution in [3.8, 4) is 0 Å². The molecule has 0 bridgehead atoms. The van der Waals surface area contributed by atoms with Crippen molar-refractivity contribution in [3.63, 3.8) is 0 Å². The number of aryl methyl sites for hydroxylation is 1. The number of methoxy groups -OCH3 is 1. The highest BCUT2D eigenvalue weighted by Crippen LogP contribution is 2.14. The summed E-state index contributed by atoms with van der Waals surface area (Å²) >= 11 is 0. The van der Waals surface area contributed by atoms with Crippen LogP contribution >= 0.6 is 0 Å². The fraction of sp³-hybridized carbons (Fsp3) is 0.588. The summed E-state index contributed by atoms with van der Waals surface area (Å²) in [7, 11) is 1.59. The van der Waals surface area contributed by atoms with E-state index < -0.39 is 5.54 Å². The lowest BCUT2D eigenvalue weighted by Crippen LogP contribution is -2.51. The lowest BCUT2D eigenvalue weighted by molar-refractivity contribution is -0.127. The van der Waals surface area contributed by atoms with Crippen LogP contribution in [-0.4, -0.2) is 36.9 Å². The lowest BCUT2D eigenvalue weighted by atomic mass is 9.95. The molecule has 4 heteroatoms. The van der Waals surface area contributed by atoms with Gasteiger partial charge in [0.15, 0.2) is 0 Å². The van der Waals surface area contributed by atoms with E-state index >= 15 is 0 Å². The van der Waals surface area contributed by atoms with Crippen molar-refractivity contribution >= 4 is 5.91 Å². The number of amides is 1. The molecule has 118 valence electrons. The maximum Gasteiger partial charge on any atom is 0.223 e. The minimum atomic E-state index is -0.526. The number of aliphatic hydroxyl groups is 1. The zero-order valence-corrected chi connectivity index (χ0v) is 13.5. The van der Waals surface area contributed by atoms with Gasteiger partial charge in [-0.15, -0.1) is 0 Å². The van der Waals surface area contributed by atoms with E-state index in [1.165, 1.54) is 5.56 Å². The number of aliphatic hydroxyl groups excluding tert-OH is 1.